The van der Waals surface area contributed by atoms with E-state index in [1.165, 1.54) is 12.4 Å². The fraction of sp³-hybridized carbons (Fsp3) is 0.154. The molecule has 0 amide bonds. The Balaban J connectivity index is 2.06. The number of benzene rings is 1. The first kappa shape index (κ1) is 12.0. The molecule has 1 aromatic heterocycles. The van der Waals surface area contributed by atoms with Crippen LogP contribution in [0.5, 0.6) is 11.8 Å². The molecule has 0 fully saturated rings. The van der Waals surface area contributed by atoms with Crippen LogP contribution >= 0.6 is 0 Å². The molecule has 0 aliphatic rings. The predicted molar refractivity (Wildman–Crippen MR) is 63.8 cm³/mol. The third-order valence-electron chi connectivity index (χ3n) is 2.28. The van der Waals surface area contributed by atoms with Gasteiger partial charge in [0, 0.05) is 18.0 Å². The van der Waals surface area contributed by atoms with Crippen molar-refractivity contribution in [3.8, 4) is 17.8 Å². The van der Waals surface area contributed by atoms with E-state index in [0.717, 1.165) is 5.56 Å². The maximum Gasteiger partial charge on any atom is 0.321 e. The molecular formula is C13H11N3O2. The van der Waals surface area contributed by atoms with Gasteiger partial charge in [-0.25, -0.2) is 9.97 Å². The predicted octanol–water partition coefficient (Wildman–Crippen LogP) is 1.83. The van der Waals surface area contributed by atoms with Crippen molar-refractivity contribution in [1.82, 2.24) is 9.97 Å². The second-order valence-electron chi connectivity index (χ2n) is 3.61. The number of aliphatic hydroxyl groups excluding tert-OH is 1. The first-order valence-corrected chi connectivity index (χ1v) is 5.37. The van der Waals surface area contributed by atoms with Gasteiger partial charge in [0.1, 0.15) is 5.75 Å². The Bertz CT molecular complexity index is 544. The minimum absolute atomic E-state index is 0.0941. The summed E-state index contributed by atoms with van der Waals surface area (Å²) in [5.74, 6) is 0.605. The van der Waals surface area contributed by atoms with Crippen LogP contribution in [0.3, 0.4) is 0 Å². The number of nitrogens with zero attached hydrogens (tertiary/aromatic N) is 3. The maximum absolute atomic E-state index is 8.85. The van der Waals surface area contributed by atoms with Crippen molar-refractivity contribution in [2.75, 3.05) is 0 Å². The van der Waals surface area contributed by atoms with Crippen LogP contribution in [0.15, 0.2) is 36.7 Å². The van der Waals surface area contributed by atoms with Crippen LogP contribution in [0.1, 0.15) is 11.1 Å². The standard InChI is InChI=1S/C13H11N3O2/c14-6-5-10-1-3-12(4-2-10)18-13-15-7-11(9-17)8-16-13/h1-4,7-8,17H,5,9H2. The van der Waals surface area contributed by atoms with Gasteiger partial charge in [-0.2, -0.15) is 5.26 Å². The van der Waals surface area contributed by atoms with Gasteiger partial charge in [0.05, 0.1) is 19.1 Å². The zero-order chi connectivity index (χ0) is 12.8. The lowest BCUT2D eigenvalue weighted by molar-refractivity contribution is 0.280. The van der Waals surface area contributed by atoms with Gasteiger partial charge in [-0.1, -0.05) is 12.1 Å². The van der Waals surface area contributed by atoms with E-state index in [9.17, 15) is 0 Å². The lowest BCUT2D eigenvalue weighted by Gasteiger charge is -2.04. The summed E-state index contributed by atoms with van der Waals surface area (Å²) in [5.41, 5.74) is 1.56. The molecule has 0 bridgehead atoms. The number of ether oxygens (including phenoxy) is 1. The van der Waals surface area contributed by atoms with Crippen LogP contribution in [-0.2, 0) is 13.0 Å². The Morgan fingerprint density at radius 2 is 1.78 bits per heavy atom. The van der Waals surface area contributed by atoms with Gasteiger partial charge < -0.3 is 9.84 Å². The van der Waals surface area contributed by atoms with E-state index in [4.69, 9.17) is 15.1 Å². The van der Waals surface area contributed by atoms with Crippen molar-refractivity contribution in [1.29, 1.82) is 5.26 Å². The Morgan fingerprint density at radius 1 is 1.11 bits per heavy atom. The van der Waals surface area contributed by atoms with Crippen LogP contribution in [-0.4, -0.2) is 15.1 Å². The molecule has 0 saturated carbocycles. The summed E-state index contributed by atoms with van der Waals surface area (Å²) in [4.78, 5) is 7.92. The molecule has 0 aliphatic carbocycles. The number of rotatable bonds is 4. The van der Waals surface area contributed by atoms with E-state index in [0.29, 0.717) is 17.7 Å². The second-order valence-corrected chi connectivity index (χ2v) is 3.61. The number of hydrogen-bond acceptors (Lipinski definition) is 5. The number of aliphatic hydroxyl groups is 1. The summed E-state index contributed by atoms with van der Waals surface area (Å²) in [6.45, 7) is -0.0941. The molecule has 2 aromatic rings. The molecule has 5 heteroatoms. The average Bonchev–Trinajstić information content (AvgIpc) is 2.42. The van der Waals surface area contributed by atoms with Crippen molar-refractivity contribution in [2.24, 2.45) is 0 Å². The van der Waals surface area contributed by atoms with Gasteiger partial charge in [0.2, 0.25) is 0 Å². The van der Waals surface area contributed by atoms with Crippen LogP contribution in [0, 0.1) is 11.3 Å². The van der Waals surface area contributed by atoms with Crippen molar-refractivity contribution in [3.63, 3.8) is 0 Å². The van der Waals surface area contributed by atoms with E-state index in [1.807, 2.05) is 12.1 Å². The quantitative estimate of drug-likeness (QED) is 0.883. The van der Waals surface area contributed by atoms with Gasteiger partial charge in [0.15, 0.2) is 0 Å². The zero-order valence-electron chi connectivity index (χ0n) is 9.58. The fourth-order valence-electron chi connectivity index (χ4n) is 1.35. The van der Waals surface area contributed by atoms with Crippen molar-refractivity contribution < 1.29 is 9.84 Å². The highest BCUT2D eigenvalue weighted by atomic mass is 16.5. The average molecular weight is 241 g/mol. The Kier molecular flexibility index (Phi) is 3.84. The molecule has 5 nitrogen and oxygen atoms in total. The normalized spacial score (nSPS) is 9.78. The van der Waals surface area contributed by atoms with Gasteiger partial charge in [-0.3, -0.25) is 0 Å². The highest BCUT2D eigenvalue weighted by molar-refractivity contribution is 5.30. The third kappa shape index (κ3) is 3.03. The molecule has 0 saturated heterocycles. The van der Waals surface area contributed by atoms with Gasteiger partial charge in [-0.15, -0.1) is 0 Å². The van der Waals surface area contributed by atoms with Crippen molar-refractivity contribution >= 4 is 0 Å². The molecule has 0 spiro atoms. The maximum atomic E-state index is 8.85. The fourth-order valence-corrected chi connectivity index (χ4v) is 1.35. The number of hydrogen-bond donors (Lipinski definition) is 1. The van der Waals surface area contributed by atoms with Crippen molar-refractivity contribution in [2.45, 2.75) is 13.0 Å². The number of nitriles is 1. The third-order valence-corrected chi connectivity index (χ3v) is 2.28. The van der Waals surface area contributed by atoms with Crippen LogP contribution < -0.4 is 4.74 Å². The molecule has 0 unspecified atom stereocenters. The van der Waals surface area contributed by atoms with Crippen LogP contribution in [0.4, 0.5) is 0 Å². The highest BCUT2D eigenvalue weighted by Crippen LogP contribution is 2.18. The minimum atomic E-state index is -0.0941. The Hall–Kier alpha value is -2.45. The summed E-state index contributed by atoms with van der Waals surface area (Å²) >= 11 is 0. The minimum Gasteiger partial charge on any atom is -0.424 e. The van der Waals surface area contributed by atoms with Gasteiger partial charge in [0.25, 0.3) is 0 Å². The smallest absolute Gasteiger partial charge is 0.321 e. The lowest BCUT2D eigenvalue weighted by atomic mass is 10.2. The molecule has 1 aromatic carbocycles. The van der Waals surface area contributed by atoms with E-state index < -0.39 is 0 Å². The van der Waals surface area contributed by atoms with E-state index in [1.54, 1.807) is 12.1 Å². The molecule has 0 radical (unpaired) electrons. The summed E-state index contributed by atoms with van der Waals surface area (Å²) in [6, 6.07) is 9.46. The van der Waals surface area contributed by atoms with Gasteiger partial charge in [-0.05, 0) is 17.7 Å². The summed E-state index contributed by atoms with van der Waals surface area (Å²) in [6.07, 6.45) is 3.39. The first-order chi connectivity index (χ1) is 8.81. The SMILES string of the molecule is N#CCc1ccc(Oc2ncc(CO)cn2)cc1. The van der Waals surface area contributed by atoms with E-state index >= 15 is 0 Å². The van der Waals surface area contributed by atoms with E-state index in [-0.39, 0.29) is 12.6 Å². The van der Waals surface area contributed by atoms with Crippen molar-refractivity contribution in [3.05, 3.63) is 47.8 Å². The number of aromatic nitrogens is 2. The molecule has 18 heavy (non-hydrogen) atoms. The highest BCUT2D eigenvalue weighted by Gasteiger charge is 2.01. The molecule has 2 rings (SSSR count). The Labute approximate surface area is 104 Å². The van der Waals surface area contributed by atoms with Crippen LogP contribution in [0.25, 0.3) is 0 Å². The topological polar surface area (TPSA) is 79.0 Å². The second kappa shape index (κ2) is 5.75. The molecule has 1 heterocycles. The molecule has 0 atom stereocenters. The van der Waals surface area contributed by atoms with Crippen LogP contribution in [0.2, 0.25) is 0 Å². The lowest BCUT2D eigenvalue weighted by Crippen LogP contribution is -1.94. The molecule has 90 valence electrons. The zero-order valence-corrected chi connectivity index (χ0v) is 9.58. The molecular weight excluding hydrogens is 230 g/mol. The first-order valence-electron chi connectivity index (χ1n) is 5.37. The van der Waals surface area contributed by atoms with E-state index in [2.05, 4.69) is 16.0 Å². The Morgan fingerprint density at radius 3 is 2.33 bits per heavy atom. The molecule has 0 aliphatic heterocycles. The largest absolute Gasteiger partial charge is 0.424 e. The summed E-state index contributed by atoms with van der Waals surface area (Å²) < 4.78 is 5.42. The monoisotopic (exact) mass is 241 g/mol. The molecule has 1 N–H and O–H groups in total. The van der Waals surface area contributed by atoms with Gasteiger partial charge >= 0.3 is 6.01 Å². The summed E-state index contributed by atoms with van der Waals surface area (Å²) in [7, 11) is 0. The summed E-state index contributed by atoms with van der Waals surface area (Å²) in [5, 5.41) is 17.4.